The summed E-state index contributed by atoms with van der Waals surface area (Å²) in [6.07, 6.45) is 4.42. The number of hydrogen-bond acceptors (Lipinski definition) is 6. The lowest BCUT2D eigenvalue weighted by Gasteiger charge is -2.00. The molecule has 6 nitrogen and oxygen atoms in total. The zero-order chi connectivity index (χ0) is 14.5. The minimum absolute atomic E-state index is 0.119. The van der Waals surface area contributed by atoms with Gasteiger partial charge in [-0.25, -0.2) is 9.97 Å². The Labute approximate surface area is 119 Å². The lowest BCUT2D eigenvalue weighted by molar-refractivity contribution is 0.0996. The number of carbonyl (C=O) groups excluding carboxylic acids is 2. The van der Waals surface area contributed by atoms with Crippen molar-refractivity contribution in [2.24, 2.45) is 5.73 Å². The topological polar surface area (TPSA) is 112 Å². The molecule has 0 aromatic carbocycles. The van der Waals surface area contributed by atoms with Crippen molar-refractivity contribution >= 4 is 28.8 Å². The van der Waals surface area contributed by atoms with E-state index in [-0.39, 0.29) is 16.5 Å². The van der Waals surface area contributed by atoms with Gasteiger partial charge in [-0.15, -0.1) is 11.3 Å². The quantitative estimate of drug-likeness (QED) is 0.777. The highest BCUT2D eigenvalue weighted by atomic mass is 32.1. The number of pyridine rings is 1. The summed E-state index contributed by atoms with van der Waals surface area (Å²) >= 11 is 1.11. The van der Waals surface area contributed by atoms with Gasteiger partial charge in [0.05, 0.1) is 0 Å². The molecule has 1 radical (unpaired) electrons. The van der Waals surface area contributed by atoms with Crippen molar-refractivity contribution in [1.82, 2.24) is 9.97 Å². The van der Waals surface area contributed by atoms with Crippen LogP contribution in [0.1, 0.15) is 32.3 Å². The Morgan fingerprint density at radius 1 is 1.40 bits per heavy atom. The van der Waals surface area contributed by atoms with Crippen LogP contribution < -0.4 is 11.5 Å². The summed E-state index contributed by atoms with van der Waals surface area (Å²) in [5, 5.41) is 1.75. The summed E-state index contributed by atoms with van der Waals surface area (Å²) in [5.74, 6) is -0.378. The number of nitrogens with zero attached hydrogens (tertiary/aromatic N) is 2. The number of nitrogen functional groups attached to an aromatic ring is 1. The molecule has 2 aromatic heterocycles. The Morgan fingerprint density at radius 3 is 2.85 bits per heavy atom. The number of carbonyl (C=O) groups is 2. The maximum atomic E-state index is 11.8. The normalized spacial score (nSPS) is 10.4. The van der Waals surface area contributed by atoms with E-state index in [1.807, 2.05) is 6.07 Å². The fraction of sp³-hybridized carbons (Fsp3) is 0.154. The third-order valence-electron chi connectivity index (χ3n) is 2.58. The van der Waals surface area contributed by atoms with E-state index in [0.29, 0.717) is 18.7 Å². The Morgan fingerprint density at radius 2 is 2.20 bits per heavy atom. The molecule has 0 bridgehead atoms. The Hall–Kier alpha value is -2.28. The van der Waals surface area contributed by atoms with E-state index >= 15 is 0 Å². The van der Waals surface area contributed by atoms with E-state index in [1.54, 1.807) is 18.7 Å². The van der Waals surface area contributed by atoms with Crippen LogP contribution in [0.3, 0.4) is 0 Å². The molecule has 1 amide bonds. The zero-order valence-corrected chi connectivity index (χ0v) is 11.4. The van der Waals surface area contributed by atoms with Crippen molar-refractivity contribution in [2.75, 3.05) is 5.73 Å². The van der Waals surface area contributed by atoms with Gasteiger partial charge in [-0.1, -0.05) is 0 Å². The van der Waals surface area contributed by atoms with Gasteiger partial charge in [0, 0.05) is 18.0 Å². The monoisotopic (exact) mass is 289 g/mol. The van der Waals surface area contributed by atoms with Crippen LogP contribution in [0.4, 0.5) is 5.82 Å². The number of aryl methyl sites for hydroxylation is 1. The standard InChI is InChI=1S/C13H13N4O2S/c14-11-6-8(4-5-16-11)2-1-3-10(18)13-17-9(7-20-13)12(15)19/h3-7H,1-2H2,(H2,14,16)(H2,15,19). The maximum Gasteiger partial charge on any atom is 0.268 e. The number of Topliss-reactive ketones (excluding diaryl/α,β-unsaturated/α-hetero) is 1. The first kappa shape index (κ1) is 14.1. The predicted molar refractivity (Wildman–Crippen MR) is 76.2 cm³/mol. The van der Waals surface area contributed by atoms with Crippen LogP contribution in [-0.2, 0) is 6.42 Å². The molecule has 0 atom stereocenters. The summed E-state index contributed by atoms with van der Waals surface area (Å²) in [6.45, 7) is 0. The second-order valence-electron chi connectivity index (χ2n) is 4.10. The molecule has 7 heteroatoms. The van der Waals surface area contributed by atoms with Gasteiger partial charge in [-0.3, -0.25) is 9.59 Å². The minimum atomic E-state index is -0.632. The smallest absolute Gasteiger partial charge is 0.268 e. The first-order chi connectivity index (χ1) is 9.56. The van der Waals surface area contributed by atoms with E-state index in [2.05, 4.69) is 9.97 Å². The third kappa shape index (κ3) is 3.61. The molecule has 0 aliphatic heterocycles. The van der Waals surface area contributed by atoms with Crippen molar-refractivity contribution < 1.29 is 9.59 Å². The Kier molecular flexibility index (Phi) is 4.41. The summed E-state index contributed by atoms with van der Waals surface area (Å²) in [4.78, 5) is 30.5. The molecule has 0 saturated heterocycles. The number of nitrogens with two attached hydrogens (primary N) is 2. The van der Waals surface area contributed by atoms with Gasteiger partial charge in [0.2, 0.25) is 0 Å². The Bertz CT molecular complexity index is 639. The van der Waals surface area contributed by atoms with Crippen molar-refractivity contribution in [3.8, 4) is 0 Å². The lowest BCUT2D eigenvalue weighted by atomic mass is 10.1. The van der Waals surface area contributed by atoms with E-state index in [0.717, 1.165) is 16.9 Å². The van der Waals surface area contributed by atoms with Gasteiger partial charge in [-0.2, -0.15) is 0 Å². The number of amides is 1. The molecule has 0 aliphatic rings. The highest BCUT2D eigenvalue weighted by Gasteiger charge is 2.13. The van der Waals surface area contributed by atoms with Gasteiger partial charge in [0.25, 0.3) is 5.91 Å². The van der Waals surface area contributed by atoms with E-state index in [9.17, 15) is 9.59 Å². The van der Waals surface area contributed by atoms with Gasteiger partial charge in [0.15, 0.2) is 10.8 Å². The van der Waals surface area contributed by atoms with Gasteiger partial charge < -0.3 is 11.5 Å². The van der Waals surface area contributed by atoms with Gasteiger partial charge in [0.1, 0.15) is 11.5 Å². The van der Waals surface area contributed by atoms with Crippen LogP contribution in [0.25, 0.3) is 0 Å². The van der Waals surface area contributed by atoms with Crippen molar-refractivity contribution in [3.63, 3.8) is 0 Å². The number of rotatable bonds is 6. The average molecular weight is 289 g/mol. The molecule has 0 spiro atoms. The average Bonchev–Trinajstić information content (AvgIpc) is 2.88. The highest BCUT2D eigenvalue weighted by Crippen LogP contribution is 2.14. The Balaban J connectivity index is 1.87. The summed E-state index contributed by atoms with van der Waals surface area (Å²) < 4.78 is 0. The highest BCUT2D eigenvalue weighted by molar-refractivity contribution is 7.12. The lowest BCUT2D eigenvalue weighted by Crippen LogP contribution is -2.12. The number of primary amides is 1. The summed E-state index contributed by atoms with van der Waals surface area (Å²) in [6, 6.07) is 3.62. The van der Waals surface area contributed by atoms with Crippen molar-refractivity contribution in [3.05, 3.63) is 46.4 Å². The number of thiazole rings is 1. The molecule has 2 rings (SSSR count). The van der Waals surface area contributed by atoms with Gasteiger partial charge >= 0.3 is 0 Å². The minimum Gasteiger partial charge on any atom is -0.384 e. The summed E-state index contributed by atoms with van der Waals surface area (Å²) in [5.41, 5.74) is 11.8. The number of hydrogen-bond donors (Lipinski definition) is 2. The number of aromatic nitrogens is 2. The molecule has 2 aromatic rings. The first-order valence-corrected chi connectivity index (χ1v) is 6.77. The second kappa shape index (κ2) is 6.25. The SMILES string of the molecule is NC(=O)c1csc(C(=O)[CH]CCc2ccnc(N)c2)n1. The van der Waals surface area contributed by atoms with E-state index in [1.165, 1.54) is 5.38 Å². The predicted octanol–water partition coefficient (Wildman–Crippen LogP) is 1.24. The van der Waals surface area contributed by atoms with Crippen LogP contribution in [0.2, 0.25) is 0 Å². The molecule has 0 aliphatic carbocycles. The molecule has 103 valence electrons. The molecular weight excluding hydrogens is 276 g/mol. The molecule has 0 fully saturated rings. The largest absolute Gasteiger partial charge is 0.384 e. The fourth-order valence-corrected chi connectivity index (χ4v) is 2.35. The first-order valence-electron chi connectivity index (χ1n) is 5.89. The molecule has 0 unspecified atom stereocenters. The molecule has 0 saturated carbocycles. The van der Waals surface area contributed by atoms with E-state index < -0.39 is 5.91 Å². The number of ketones is 1. The fourth-order valence-electron chi connectivity index (χ4n) is 1.61. The summed E-state index contributed by atoms with van der Waals surface area (Å²) in [7, 11) is 0. The van der Waals surface area contributed by atoms with Crippen LogP contribution in [-0.4, -0.2) is 21.7 Å². The van der Waals surface area contributed by atoms with Crippen molar-refractivity contribution in [1.29, 1.82) is 0 Å². The van der Waals surface area contributed by atoms with Crippen LogP contribution >= 0.6 is 11.3 Å². The molecule has 4 N–H and O–H groups in total. The number of anilines is 1. The third-order valence-corrected chi connectivity index (χ3v) is 3.43. The molecule has 20 heavy (non-hydrogen) atoms. The second-order valence-corrected chi connectivity index (χ2v) is 4.96. The molecular formula is C13H13N4O2S. The molecule has 2 heterocycles. The maximum absolute atomic E-state index is 11.8. The van der Waals surface area contributed by atoms with Gasteiger partial charge in [-0.05, 0) is 30.5 Å². The zero-order valence-electron chi connectivity index (χ0n) is 10.6. The van der Waals surface area contributed by atoms with Crippen LogP contribution in [0.5, 0.6) is 0 Å². The van der Waals surface area contributed by atoms with Crippen LogP contribution in [0, 0.1) is 6.42 Å². The van der Waals surface area contributed by atoms with Crippen LogP contribution in [0.15, 0.2) is 23.7 Å². The van der Waals surface area contributed by atoms with E-state index in [4.69, 9.17) is 11.5 Å². The van der Waals surface area contributed by atoms with Crippen molar-refractivity contribution in [2.45, 2.75) is 12.8 Å².